The molecule has 0 radical (unpaired) electrons. The average molecular weight is 354 g/mol. The average Bonchev–Trinajstić information content (AvgIpc) is 2.99. The highest BCUT2D eigenvalue weighted by atomic mass is 19.4. The molecule has 2 aromatic heterocycles. The Hall–Kier alpha value is -2.65. The first-order valence-corrected chi connectivity index (χ1v) is 7.71. The number of rotatable bonds is 2. The van der Waals surface area contributed by atoms with E-state index < -0.39 is 11.9 Å². The minimum absolute atomic E-state index is 0.0416. The van der Waals surface area contributed by atoms with Gasteiger partial charge in [-0.05, 0) is 19.1 Å². The lowest BCUT2D eigenvalue weighted by Crippen LogP contribution is -2.49. The summed E-state index contributed by atoms with van der Waals surface area (Å²) in [6.45, 7) is 2.99. The van der Waals surface area contributed by atoms with Gasteiger partial charge in [0.15, 0.2) is 0 Å². The van der Waals surface area contributed by atoms with Gasteiger partial charge in [-0.15, -0.1) is 0 Å². The van der Waals surface area contributed by atoms with Crippen molar-refractivity contribution in [3.05, 3.63) is 35.4 Å². The minimum atomic E-state index is -4.51. The molecular weight excluding hydrogens is 337 g/mol. The molecule has 0 saturated carbocycles. The van der Waals surface area contributed by atoms with E-state index in [0.29, 0.717) is 31.9 Å². The van der Waals surface area contributed by atoms with Crippen LogP contribution in [0.3, 0.4) is 0 Å². The molecular formula is C15H17F3N6O. The molecule has 1 fully saturated rings. The zero-order chi connectivity index (χ0) is 18.2. The molecule has 7 nitrogen and oxygen atoms in total. The van der Waals surface area contributed by atoms with Gasteiger partial charge in [-0.2, -0.15) is 18.3 Å². The molecule has 3 rings (SSSR count). The van der Waals surface area contributed by atoms with E-state index in [4.69, 9.17) is 0 Å². The second-order valence-corrected chi connectivity index (χ2v) is 5.81. The standard InChI is InChI=1S/C15H17F3N6O/c1-10-9-12(15(16,17)18)21-14(20-10)24-7-5-23(6-8-24)13(25)11-3-4-19-22(11)2/h3-4,9H,5-8H2,1-2H3. The van der Waals surface area contributed by atoms with Crippen molar-refractivity contribution in [1.29, 1.82) is 0 Å². The number of halogens is 3. The van der Waals surface area contributed by atoms with E-state index in [2.05, 4.69) is 15.1 Å². The number of piperazine rings is 1. The van der Waals surface area contributed by atoms with Gasteiger partial charge >= 0.3 is 6.18 Å². The van der Waals surface area contributed by atoms with Crippen molar-refractivity contribution >= 4 is 11.9 Å². The Morgan fingerprint density at radius 3 is 2.40 bits per heavy atom. The Morgan fingerprint density at radius 1 is 1.16 bits per heavy atom. The number of hydrogen-bond donors (Lipinski definition) is 0. The van der Waals surface area contributed by atoms with Crippen molar-refractivity contribution in [3.63, 3.8) is 0 Å². The summed E-state index contributed by atoms with van der Waals surface area (Å²) >= 11 is 0. The van der Waals surface area contributed by atoms with Crippen molar-refractivity contribution in [1.82, 2.24) is 24.6 Å². The fourth-order valence-corrected chi connectivity index (χ4v) is 2.69. The SMILES string of the molecule is Cc1cc(C(F)(F)F)nc(N2CCN(C(=O)c3ccnn3C)CC2)n1. The first-order chi connectivity index (χ1) is 11.8. The van der Waals surface area contributed by atoms with Gasteiger partial charge < -0.3 is 9.80 Å². The molecule has 1 aliphatic rings. The number of anilines is 1. The number of alkyl halides is 3. The summed E-state index contributed by atoms with van der Waals surface area (Å²) in [7, 11) is 1.68. The number of carbonyl (C=O) groups is 1. The number of carbonyl (C=O) groups excluding carboxylic acids is 1. The molecule has 25 heavy (non-hydrogen) atoms. The van der Waals surface area contributed by atoms with Gasteiger partial charge in [0.1, 0.15) is 11.4 Å². The molecule has 1 amide bonds. The second-order valence-electron chi connectivity index (χ2n) is 5.81. The summed E-state index contributed by atoms with van der Waals surface area (Å²) in [4.78, 5) is 23.5. The Bertz CT molecular complexity index is 780. The molecule has 0 spiro atoms. The fourth-order valence-electron chi connectivity index (χ4n) is 2.69. The minimum Gasteiger partial charge on any atom is -0.337 e. The predicted octanol–water partition coefficient (Wildman–Crippen LogP) is 1.50. The van der Waals surface area contributed by atoms with E-state index in [1.807, 2.05) is 0 Å². The van der Waals surface area contributed by atoms with E-state index in [-0.39, 0.29) is 17.5 Å². The van der Waals surface area contributed by atoms with Crippen molar-refractivity contribution < 1.29 is 18.0 Å². The third-order valence-electron chi connectivity index (χ3n) is 4.02. The third kappa shape index (κ3) is 3.57. The largest absolute Gasteiger partial charge is 0.433 e. The highest BCUT2D eigenvalue weighted by Crippen LogP contribution is 2.29. The van der Waals surface area contributed by atoms with Crippen molar-refractivity contribution in [2.24, 2.45) is 7.05 Å². The van der Waals surface area contributed by atoms with E-state index in [1.165, 1.54) is 11.6 Å². The maximum atomic E-state index is 12.9. The van der Waals surface area contributed by atoms with E-state index >= 15 is 0 Å². The number of aromatic nitrogens is 4. The lowest BCUT2D eigenvalue weighted by Gasteiger charge is -2.34. The summed E-state index contributed by atoms with van der Waals surface area (Å²) in [6.07, 6.45) is -2.97. The molecule has 0 N–H and O–H groups in total. The van der Waals surface area contributed by atoms with Crippen LogP contribution >= 0.6 is 0 Å². The maximum absolute atomic E-state index is 12.9. The topological polar surface area (TPSA) is 67.2 Å². The molecule has 1 aliphatic heterocycles. The number of hydrogen-bond acceptors (Lipinski definition) is 5. The van der Waals surface area contributed by atoms with Crippen LogP contribution in [0, 0.1) is 6.92 Å². The molecule has 0 unspecified atom stereocenters. The molecule has 0 atom stereocenters. The van der Waals surface area contributed by atoms with Crippen LogP contribution in [0.4, 0.5) is 19.1 Å². The quantitative estimate of drug-likeness (QED) is 0.818. The lowest BCUT2D eigenvalue weighted by atomic mass is 10.2. The van der Waals surface area contributed by atoms with Crippen LogP contribution in [0.15, 0.2) is 18.3 Å². The van der Waals surface area contributed by atoms with Crippen LogP contribution in [-0.4, -0.2) is 56.7 Å². The van der Waals surface area contributed by atoms with Crippen LogP contribution in [0.25, 0.3) is 0 Å². The molecule has 0 bridgehead atoms. The molecule has 2 aromatic rings. The Labute approximate surface area is 142 Å². The van der Waals surface area contributed by atoms with Crippen LogP contribution in [0.1, 0.15) is 21.9 Å². The summed E-state index contributed by atoms with van der Waals surface area (Å²) in [5.41, 5.74) is -0.228. The number of nitrogens with zero attached hydrogens (tertiary/aromatic N) is 6. The molecule has 1 saturated heterocycles. The van der Waals surface area contributed by atoms with Crippen molar-refractivity contribution in [3.8, 4) is 0 Å². The summed E-state index contributed by atoms with van der Waals surface area (Å²) in [5.74, 6) is -0.110. The first kappa shape index (κ1) is 17.2. The maximum Gasteiger partial charge on any atom is 0.433 e. The van der Waals surface area contributed by atoms with Crippen molar-refractivity contribution in [2.75, 3.05) is 31.1 Å². The lowest BCUT2D eigenvalue weighted by molar-refractivity contribution is -0.141. The molecule has 134 valence electrons. The summed E-state index contributed by atoms with van der Waals surface area (Å²) in [5, 5.41) is 3.97. The summed E-state index contributed by atoms with van der Waals surface area (Å²) in [6, 6.07) is 2.56. The fraction of sp³-hybridized carbons (Fsp3) is 0.467. The van der Waals surface area contributed by atoms with Crippen LogP contribution < -0.4 is 4.90 Å². The first-order valence-electron chi connectivity index (χ1n) is 7.71. The highest BCUT2D eigenvalue weighted by Gasteiger charge is 2.34. The monoisotopic (exact) mass is 354 g/mol. The van der Waals surface area contributed by atoms with Crippen LogP contribution in [0.2, 0.25) is 0 Å². The molecule has 0 aromatic carbocycles. The van der Waals surface area contributed by atoms with Crippen LogP contribution in [0.5, 0.6) is 0 Å². The van der Waals surface area contributed by atoms with Crippen LogP contribution in [-0.2, 0) is 13.2 Å². The Morgan fingerprint density at radius 2 is 1.84 bits per heavy atom. The van der Waals surface area contributed by atoms with Gasteiger partial charge in [-0.25, -0.2) is 9.97 Å². The zero-order valence-corrected chi connectivity index (χ0v) is 13.8. The van der Waals surface area contributed by atoms with Gasteiger partial charge in [0.2, 0.25) is 5.95 Å². The highest BCUT2D eigenvalue weighted by molar-refractivity contribution is 5.92. The Kier molecular flexibility index (Phi) is 4.36. The van der Waals surface area contributed by atoms with Gasteiger partial charge in [0, 0.05) is 45.1 Å². The van der Waals surface area contributed by atoms with E-state index in [9.17, 15) is 18.0 Å². The summed E-state index contributed by atoms with van der Waals surface area (Å²) < 4.78 is 40.2. The van der Waals surface area contributed by atoms with Gasteiger partial charge in [0.05, 0.1) is 0 Å². The van der Waals surface area contributed by atoms with E-state index in [0.717, 1.165) is 6.07 Å². The molecule has 3 heterocycles. The zero-order valence-electron chi connectivity index (χ0n) is 13.8. The normalized spacial score (nSPS) is 15.6. The van der Waals surface area contributed by atoms with Crippen molar-refractivity contribution in [2.45, 2.75) is 13.1 Å². The van der Waals surface area contributed by atoms with E-state index in [1.54, 1.807) is 29.1 Å². The Balaban J connectivity index is 1.71. The molecule has 10 heteroatoms. The molecule has 0 aliphatic carbocycles. The predicted molar refractivity (Wildman–Crippen MR) is 83.1 cm³/mol. The second kappa shape index (κ2) is 6.34. The smallest absolute Gasteiger partial charge is 0.337 e. The number of amides is 1. The van der Waals surface area contributed by atoms with Gasteiger partial charge in [0.25, 0.3) is 5.91 Å². The third-order valence-corrected chi connectivity index (χ3v) is 4.02. The number of aryl methyl sites for hydroxylation is 2. The van der Waals surface area contributed by atoms with Gasteiger partial charge in [-0.1, -0.05) is 0 Å². The van der Waals surface area contributed by atoms with Gasteiger partial charge in [-0.3, -0.25) is 9.48 Å².